The molecule has 216 valence electrons. The molecule has 2 aromatic rings. The van der Waals surface area contributed by atoms with E-state index < -0.39 is 0 Å². The van der Waals surface area contributed by atoms with E-state index in [0.29, 0.717) is 6.04 Å². The molecule has 0 heterocycles. The average molecular weight is 570 g/mol. The molecule has 0 aliphatic heterocycles. The number of nitrogens with zero attached hydrogens (tertiary/aromatic N) is 1. The fourth-order valence-electron chi connectivity index (χ4n) is 5.47. The number of unbranched alkanes of at least 4 members (excludes halogenated alkanes) is 3. The zero-order valence-electron chi connectivity index (χ0n) is 23.9. The van der Waals surface area contributed by atoms with E-state index in [0.717, 1.165) is 56.2 Å². The average Bonchev–Trinajstić information content (AvgIpc) is 2.90. The molecular formula is C31H50Cl2N2O3. The van der Waals surface area contributed by atoms with Crippen LogP contribution >= 0.6 is 24.8 Å². The van der Waals surface area contributed by atoms with E-state index in [4.69, 9.17) is 14.2 Å². The summed E-state index contributed by atoms with van der Waals surface area (Å²) >= 11 is 0. The van der Waals surface area contributed by atoms with Gasteiger partial charge < -0.3 is 24.4 Å². The van der Waals surface area contributed by atoms with Gasteiger partial charge in [-0.2, -0.15) is 0 Å². The summed E-state index contributed by atoms with van der Waals surface area (Å²) in [7, 11) is 3.48. The Morgan fingerprint density at radius 3 is 2.47 bits per heavy atom. The fraction of sp³-hybridized carbons (Fsp3) is 0.613. The largest absolute Gasteiger partial charge is 0.494 e. The standard InChI is InChI=1S/C31H48N2O3.2ClH/c1-5-21-33(27-15-16-29-26(24-27)14-17-30(34-3)31(29)35-4)22-10-8-7-9-19-32-20-18-25-12-11-13-28(23-25)36-6-2;;/h11-14,17,23,27,32H,5-10,15-16,18-22,24H2,1-4H3;2*1H/t27-;;/m0../s1. The molecule has 0 bridgehead atoms. The number of methoxy groups -OCH3 is 2. The summed E-state index contributed by atoms with van der Waals surface area (Å²) in [6, 6.07) is 13.4. The highest BCUT2D eigenvalue weighted by Crippen LogP contribution is 2.38. The smallest absolute Gasteiger partial charge is 0.164 e. The lowest BCUT2D eigenvalue weighted by atomic mass is 9.86. The molecule has 0 saturated carbocycles. The van der Waals surface area contributed by atoms with Gasteiger partial charge >= 0.3 is 0 Å². The van der Waals surface area contributed by atoms with Crippen LogP contribution in [0.5, 0.6) is 17.2 Å². The maximum absolute atomic E-state index is 5.69. The van der Waals surface area contributed by atoms with Gasteiger partial charge in [-0.05, 0) is 107 Å². The van der Waals surface area contributed by atoms with E-state index in [1.165, 1.54) is 68.3 Å². The van der Waals surface area contributed by atoms with Crippen LogP contribution in [0.15, 0.2) is 36.4 Å². The van der Waals surface area contributed by atoms with Gasteiger partial charge in [0.25, 0.3) is 0 Å². The number of rotatable bonds is 17. The molecule has 0 unspecified atom stereocenters. The molecule has 2 aromatic carbocycles. The quantitative estimate of drug-likeness (QED) is 0.210. The van der Waals surface area contributed by atoms with E-state index in [9.17, 15) is 0 Å². The predicted molar refractivity (Wildman–Crippen MR) is 164 cm³/mol. The normalized spacial score (nSPS) is 14.3. The lowest BCUT2D eigenvalue weighted by molar-refractivity contribution is 0.175. The minimum atomic E-state index is 0. The summed E-state index contributed by atoms with van der Waals surface area (Å²) in [6.45, 7) is 9.59. The van der Waals surface area contributed by atoms with Gasteiger partial charge in [0.05, 0.1) is 20.8 Å². The molecule has 1 N–H and O–H groups in total. The Labute approximate surface area is 243 Å². The Balaban J connectivity index is 0.00000361. The van der Waals surface area contributed by atoms with Gasteiger partial charge in [0.1, 0.15) is 5.75 Å². The van der Waals surface area contributed by atoms with Crippen LogP contribution in [0.1, 0.15) is 69.1 Å². The summed E-state index contributed by atoms with van der Waals surface area (Å²) in [5, 5.41) is 3.61. The number of hydrogen-bond donors (Lipinski definition) is 1. The first kappa shape index (κ1) is 34.4. The van der Waals surface area contributed by atoms with Crippen molar-refractivity contribution in [2.75, 3.05) is 47.0 Å². The third-order valence-corrected chi connectivity index (χ3v) is 7.30. The SMILES string of the molecule is CCCN(CCCCCCNCCc1cccc(OCC)c1)[C@H]1CCc2c(ccc(OC)c2OC)C1.Cl.Cl. The molecule has 1 aliphatic carbocycles. The van der Waals surface area contributed by atoms with Crippen molar-refractivity contribution >= 4 is 24.8 Å². The first-order valence-electron chi connectivity index (χ1n) is 14.1. The van der Waals surface area contributed by atoms with Crippen molar-refractivity contribution in [3.63, 3.8) is 0 Å². The van der Waals surface area contributed by atoms with Gasteiger partial charge in [-0.1, -0.05) is 38.0 Å². The molecule has 0 saturated heterocycles. The molecule has 0 spiro atoms. The van der Waals surface area contributed by atoms with Crippen molar-refractivity contribution in [3.8, 4) is 17.2 Å². The second-order valence-electron chi connectivity index (χ2n) is 9.87. The zero-order chi connectivity index (χ0) is 25.6. The van der Waals surface area contributed by atoms with Crippen molar-refractivity contribution < 1.29 is 14.2 Å². The molecule has 1 aliphatic rings. The minimum absolute atomic E-state index is 0. The lowest BCUT2D eigenvalue weighted by Gasteiger charge is -2.36. The first-order valence-corrected chi connectivity index (χ1v) is 14.1. The molecule has 1 atom stereocenters. The van der Waals surface area contributed by atoms with E-state index in [1.54, 1.807) is 14.2 Å². The Kier molecular flexibility index (Phi) is 17.6. The van der Waals surface area contributed by atoms with Crippen molar-refractivity contribution in [1.82, 2.24) is 10.2 Å². The van der Waals surface area contributed by atoms with E-state index >= 15 is 0 Å². The van der Waals surface area contributed by atoms with Gasteiger partial charge in [0.15, 0.2) is 11.5 Å². The number of halogens is 2. The van der Waals surface area contributed by atoms with Crippen LogP contribution in [0.3, 0.4) is 0 Å². The van der Waals surface area contributed by atoms with Crippen LogP contribution in [-0.4, -0.2) is 57.9 Å². The van der Waals surface area contributed by atoms with Crippen molar-refractivity contribution in [2.24, 2.45) is 0 Å². The Morgan fingerprint density at radius 2 is 1.74 bits per heavy atom. The van der Waals surface area contributed by atoms with Crippen molar-refractivity contribution in [2.45, 2.75) is 77.7 Å². The molecule has 0 fully saturated rings. The molecular weight excluding hydrogens is 519 g/mol. The molecule has 0 aromatic heterocycles. The predicted octanol–water partition coefficient (Wildman–Crippen LogP) is 6.91. The van der Waals surface area contributed by atoms with Gasteiger partial charge in [-0.25, -0.2) is 0 Å². The van der Waals surface area contributed by atoms with Gasteiger partial charge in [0.2, 0.25) is 0 Å². The number of hydrogen-bond acceptors (Lipinski definition) is 5. The third kappa shape index (κ3) is 10.5. The molecule has 38 heavy (non-hydrogen) atoms. The number of ether oxygens (including phenoxy) is 3. The lowest BCUT2D eigenvalue weighted by Crippen LogP contribution is -2.40. The minimum Gasteiger partial charge on any atom is -0.494 e. The fourth-order valence-corrected chi connectivity index (χ4v) is 5.47. The van der Waals surface area contributed by atoms with E-state index in [-0.39, 0.29) is 24.8 Å². The molecule has 5 nitrogen and oxygen atoms in total. The van der Waals surface area contributed by atoms with Crippen molar-refractivity contribution in [1.29, 1.82) is 0 Å². The third-order valence-electron chi connectivity index (χ3n) is 7.30. The maximum Gasteiger partial charge on any atom is 0.164 e. The number of nitrogens with one attached hydrogen (secondary N) is 1. The van der Waals surface area contributed by atoms with Crippen LogP contribution in [0.2, 0.25) is 0 Å². The van der Waals surface area contributed by atoms with Crippen LogP contribution in [-0.2, 0) is 19.3 Å². The van der Waals surface area contributed by atoms with Gasteiger partial charge in [0, 0.05) is 11.6 Å². The highest BCUT2D eigenvalue weighted by Gasteiger charge is 2.27. The van der Waals surface area contributed by atoms with Crippen molar-refractivity contribution in [3.05, 3.63) is 53.1 Å². The van der Waals surface area contributed by atoms with E-state index in [2.05, 4.69) is 47.5 Å². The first-order chi connectivity index (χ1) is 17.7. The van der Waals surface area contributed by atoms with Crippen LogP contribution < -0.4 is 19.5 Å². The summed E-state index contributed by atoms with van der Waals surface area (Å²) in [5.41, 5.74) is 4.12. The summed E-state index contributed by atoms with van der Waals surface area (Å²) < 4.78 is 16.8. The zero-order valence-corrected chi connectivity index (χ0v) is 25.6. The molecule has 0 amide bonds. The van der Waals surface area contributed by atoms with Gasteiger partial charge in [-0.3, -0.25) is 0 Å². The Bertz CT molecular complexity index is 913. The highest BCUT2D eigenvalue weighted by molar-refractivity contribution is 5.85. The van der Waals surface area contributed by atoms with Crippen LogP contribution in [0, 0.1) is 0 Å². The molecule has 3 rings (SSSR count). The Hall–Kier alpha value is -1.66. The molecule has 0 radical (unpaired) electrons. The van der Waals surface area contributed by atoms with Crippen LogP contribution in [0.25, 0.3) is 0 Å². The summed E-state index contributed by atoms with van der Waals surface area (Å²) in [5.74, 6) is 2.76. The Morgan fingerprint density at radius 1 is 0.921 bits per heavy atom. The number of fused-ring (bicyclic) bond motifs is 1. The van der Waals surface area contributed by atoms with Crippen LogP contribution in [0.4, 0.5) is 0 Å². The second-order valence-corrected chi connectivity index (χ2v) is 9.87. The second kappa shape index (κ2) is 19.4. The maximum atomic E-state index is 5.69. The van der Waals surface area contributed by atoms with Gasteiger partial charge in [-0.15, -0.1) is 24.8 Å². The highest BCUT2D eigenvalue weighted by atomic mass is 35.5. The number of benzene rings is 2. The monoisotopic (exact) mass is 568 g/mol. The summed E-state index contributed by atoms with van der Waals surface area (Å²) in [4.78, 5) is 2.74. The summed E-state index contributed by atoms with van der Waals surface area (Å²) in [6.07, 6.45) is 10.8. The topological polar surface area (TPSA) is 43.0 Å². The van der Waals surface area contributed by atoms with E-state index in [1.807, 2.05) is 13.0 Å². The molecule has 7 heteroatoms.